The Hall–Kier alpha value is -0.940. The molecule has 0 bridgehead atoms. The van der Waals surface area contributed by atoms with E-state index in [0.717, 1.165) is 32.6 Å². The molecule has 2 aliphatic heterocycles. The van der Waals surface area contributed by atoms with E-state index in [4.69, 9.17) is 5.84 Å². The highest BCUT2D eigenvalue weighted by Gasteiger charge is 2.11. The molecule has 1 aromatic rings. The second-order valence-corrected chi connectivity index (χ2v) is 5.04. The number of benzene rings is 1. The molecule has 1 saturated heterocycles. The zero-order chi connectivity index (χ0) is 14.8. The number of hydrogen-bond acceptors (Lipinski definition) is 4. The van der Waals surface area contributed by atoms with Crippen molar-refractivity contribution >= 4 is 0 Å². The van der Waals surface area contributed by atoms with Gasteiger partial charge in [-0.05, 0) is 24.6 Å². The summed E-state index contributed by atoms with van der Waals surface area (Å²) in [5, 5.41) is 5.14. The summed E-state index contributed by atoms with van der Waals surface area (Å²) in [6, 6.07) is 8.49. The summed E-state index contributed by atoms with van der Waals surface area (Å²) >= 11 is 0. The molecule has 4 nitrogen and oxygen atoms in total. The average molecular weight is 278 g/mol. The minimum absolute atomic E-state index is 0.899. The molecule has 0 atom stereocenters. The minimum Gasteiger partial charge on any atom is -0.314 e. The number of piperazine rings is 1. The van der Waals surface area contributed by atoms with Crippen molar-refractivity contribution in [2.24, 2.45) is 5.84 Å². The number of hydrazine groups is 1. The second kappa shape index (κ2) is 9.88. The Morgan fingerprint density at radius 3 is 2.15 bits per heavy atom. The molecule has 0 aliphatic carbocycles. The van der Waals surface area contributed by atoms with Crippen LogP contribution in [0.2, 0.25) is 0 Å². The van der Waals surface area contributed by atoms with E-state index < -0.39 is 0 Å². The summed E-state index contributed by atoms with van der Waals surface area (Å²) < 4.78 is 0. The molecular formula is C16H30N4. The van der Waals surface area contributed by atoms with Crippen molar-refractivity contribution in [2.45, 2.75) is 26.8 Å². The fourth-order valence-electron chi connectivity index (χ4n) is 2.29. The first-order valence-electron chi connectivity index (χ1n) is 7.71. The molecule has 0 aromatic heterocycles. The van der Waals surface area contributed by atoms with Crippen LogP contribution in [0.5, 0.6) is 0 Å². The van der Waals surface area contributed by atoms with Gasteiger partial charge in [-0.1, -0.05) is 38.1 Å². The maximum absolute atomic E-state index is 5.68. The molecule has 0 amide bonds. The van der Waals surface area contributed by atoms with Gasteiger partial charge >= 0.3 is 0 Å². The highest BCUT2D eigenvalue weighted by Crippen LogP contribution is 2.15. The topological polar surface area (TPSA) is 44.5 Å². The van der Waals surface area contributed by atoms with Crippen LogP contribution in [0.4, 0.5) is 0 Å². The molecular weight excluding hydrogens is 248 g/mol. The van der Waals surface area contributed by atoms with E-state index in [9.17, 15) is 0 Å². The lowest BCUT2D eigenvalue weighted by Crippen LogP contribution is -2.40. The molecule has 1 fully saturated rings. The van der Waals surface area contributed by atoms with E-state index in [0.29, 0.717) is 0 Å². The van der Waals surface area contributed by atoms with E-state index in [-0.39, 0.29) is 0 Å². The van der Waals surface area contributed by atoms with Crippen LogP contribution < -0.4 is 11.2 Å². The van der Waals surface area contributed by atoms with Gasteiger partial charge in [0.05, 0.1) is 0 Å². The average Bonchev–Trinajstić information content (AvgIpc) is 2.50. The Labute approximate surface area is 123 Å². The van der Waals surface area contributed by atoms with Gasteiger partial charge < -0.3 is 10.2 Å². The van der Waals surface area contributed by atoms with E-state index >= 15 is 0 Å². The Bertz CT molecular complexity index is 361. The number of nitrogens with two attached hydrogens (primary N) is 1. The number of nitrogens with zero attached hydrogens (tertiary/aromatic N) is 2. The number of fused-ring (bicyclic) bond motifs is 1. The number of hydrogen-bond donors (Lipinski definition) is 2. The molecule has 0 unspecified atom stereocenters. The number of likely N-dealkylation sites (N-methyl/N-ethyl adjacent to an activating group) is 1. The van der Waals surface area contributed by atoms with Crippen molar-refractivity contribution in [2.75, 3.05) is 39.8 Å². The SMILES string of the molecule is CC.CN1CCNCC1.NN1CCc2ccccc2C1. The van der Waals surface area contributed by atoms with Crippen LogP contribution in [0.1, 0.15) is 25.0 Å². The Morgan fingerprint density at radius 2 is 1.60 bits per heavy atom. The molecule has 2 aliphatic rings. The van der Waals surface area contributed by atoms with Crippen LogP contribution >= 0.6 is 0 Å². The van der Waals surface area contributed by atoms with Gasteiger partial charge in [0, 0.05) is 39.3 Å². The third-order valence-electron chi connectivity index (χ3n) is 3.50. The van der Waals surface area contributed by atoms with Gasteiger partial charge in [0.25, 0.3) is 0 Å². The van der Waals surface area contributed by atoms with E-state index in [2.05, 4.69) is 41.5 Å². The summed E-state index contributed by atoms with van der Waals surface area (Å²) in [6.07, 6.45) is 1.09. The minimum atomic E-state index is 0.899. The fraction of sp³-hybridized carbons (Fsp3) is 0.625. The Morgan fingerprint density at radius 1 is 1.00 bits per heavy atom. The lowest BCUT2D eigenvalue weighted by molar-refractivity contribution is 0.263. The van der Waals surface area contributed by atoms with Gasteiger partial charge in [0.2, 0.25) is 0 Å². The third-order valence-corrected chi connectivity index (χ3v) is 3.50. The van der Waals surface area contributed by atoms with Gasteiger partial charge in [-0.3, -0.25) is 5.84 Å². The van der Waals surface area contributed by atoms with Crippen LogP contribution in [-0.2, 0) is 13.0 Å². The first-order valence-corrected chi connectivity index (χ1v) is 7.71. The molecule has 1 aromatic carbocycles. The van der Waals surface area contributed by atoms with Gasteiger partial charge in [-0.15, -0.1) is 0 Å². The maximum Gasteiger partial charge on any atom is 0.0382 e. The lowest BCUT2D eigenvalue weighted by atomic mass is 10.0. The quantitative estimate of drug-likeness (QED) is 0.705. The number of nitrogens with one attached hydrogen (secondary N) is 1. The van der Waals surface area contributed by atoms with Gasteiger partial charge in [-0.2, -0.15) is 0 Å². The second-order valence-electron chi connectivity index (χ2n) is 5.04. The summed E-state index contributed by atoms with van der Waals surface area (Å²) in [6.45, 7) is 10.6. The van der Waals surface area contributed by atoms with Crippen molar-refractivity contribution in [1.29, 1.82) is 0 Å². The van der Waals surface area contributed by atoms with Gasteiger partial charge in [0.15, 0.2) is 0 Å². The Balaban J connectivity index is 0.000000193. The zero-order valence-electron chi connectivity index (χ0n) is 13.2. The van der Waals surface area contributed by atoms with Crippen LogP contribution in [0.3, 0.4) is 0 Å². The molecule has 114 valence electrons. The molecule has 3 N–H and O–H groups in total. The summed E-state index contributed by atoms with van der Waals surface area (Å²) in [5.41, 5.74) is 2.83. The van der Waals surface area contributed by atoms with Crippen molar-refractivity contribution in [3.05, 3.63) is 35.4 Å². The molecule has 0 spiro atoms. The zero-order valence-corrected chi connectivity index (χ0v) is 13.2. The summed E-state index contributed by atoms with van der Waals surface area (Å²) in [4.78, 5) is 2.33. The molecule has 3 rings (SSSR count). The first kappa shape index (κ1) is 17.1. The van der Waals surface area contributed by atoms with E-state index in [1.165, 1.54) is 24.2 Å². The van der Waals surface area contributed by atoms with Crippen molar-refractivity contribution < 1.29 is 0 Å². The number of rotatable bonds is 0. The van der Waals surface area contributed by atoms with Crippen LogP contribution in [-0.4, -0.2) is 49.7 Å². The maximum atomic E-state index is 5.68. The standard InChI is InChI=1S/C9H12N2.C5H12N2.C2H6/c10-11-6-5-8-3-1-2-4-9(8)7-11;1-7-4-2-6-3-5-7;1-2/h1-4H,5-7,10H2;6H,2-5H2,1H3;1-2H3. The molecule has 20 heavy (non-hydrogen) atoms. The Kier molecular flexibility index (Phi) is 8.46. The smallest absolute Gasteiger partial charge is 0.0382 e. The monoisotopic (exact) mass is 278 g/mol. The van der Waals surface area contributed by atoms with E-state index in [1.54, 1.807) is 0 Å². The van der Waals surface area contributed by atoms with Crippen LogP contribution in [0, 0.1) is 0 Å². The lowest BCUT2D eigenvalue weighted by Gasteiger charge is -2.23. The first-order chi connectivity index (χ1) is 9.75. The van der Waals surface area contributed by atoms with Crippen molar-refractivity contribution in [3.63, 3.8) is 0 Å². The predicted molar refractivity (Wildman–Crippen MR) is 86.5 cm³/mol. The van der Waals surface area contributed by atoms with Crippen molar-refractivity contribution in [1.82, 2.24) is 15.2 Å². The molecule has 0 radical (unpaired) electrons. The third kappa shape index (κ3) is 6.01. The van der Waals surface area contributed by atoms with Crippen molar-refractivity contribution in [3.8, 4) is 0 Å². The highest BCUT2D eigenvalue weighted by molar-refractivity contribution is 5.28. The predicted octanol–water partition coefficient (Wildman–Crippen LogP) is 1.47. The molecule has 2 heterocycles. The van der Waals surface area contributed by atoms with Crippen LogP contribution in [0.25, 0.3) is 0 Å². The highest BCUT2D eigenvalue weighted by atomic mass is 15.4. The largest absolute Gasteiger partial charge is 0.314 e. The molecule has 4 heteroatoms. The fourth-order valence-corrected chi connectivity index (χ4v) is 2.29. The normalized spacial score (nSPS) is 19.0. The van der Waals surface area contributed by atoms with Crippen LogP contribution in [0.15, 0.2) is 24.3 Å². The van der Waals surface area contributed by atoms with Gasteiger partial charge in [0.1, 0.15) is 0 Å². The summed E-state index contributed by atoms with van der Waals surface area (Å²) in [5.74, 6) is 5.68. The molecule has 0 saturated carbocycles. The van der Waals surface area contributed by atoms with E-state index in [1.807, 2.05) is 18.9 Å². The van der Waals surface area contributed by atoms with Gasteiger partial charge in [-0.25, -0.2) is 5.01 Å². The summed E-state index contributed by atoms with van der Waals surface area (Å²) in [7, 11) is 2.15.